The zero-order chi connectivity index (χ0) is 14.9. The first-order valence-electron chi connectivity index (χ1n) is 6.48. The predicted octanol–water partition coefficient (Wildman–Crippen LogP) is 1.71. The molecule has 0 radical (unpaired) electrons. The Labute approximate surface area is 128 Å². The van der Waals surface area contributed by atoms with Crippen molar-refractivity contribution in [1.82, 2.24) is 4.31 Å². The lowest BCUT2D eigenvalue weighted by Crippen LogP contribution is -2.50. The SMILES string of the molecule is CC1CN(S(=O)(=O)c2cc(CN)ccc2Br)C(C)CO1. The van der Waals surface area contributed by atoms with Crippen LogP contribution in [0, 0.1) is 0 Å². The van der Waals surface area contributed by atoms with E-state index in [1.807, 2.05) is 19.9 Å². The minimum Gasteiger partial charge on any atom is -0.375 e. The summed E-state index contributed by atoms with van der Waals surface area (Å²) in [4.78, 5) is 0.265. The van der Waals surface area contributed by atoms with Crippen LogP contribution in [-0.2, 0) is 21.3 Å². The molecule has 5 nitrogen and oxygen atoms in total. The van der Waals surface area contributed by atoms with Gasteiger partial charge in [-0.2, -0.15) is 4.31 Å². The molecular weight excluding hydrogens is 344 g/mol. The first-order valence-corrected chi connectivity index (χ1v) is 8.71. The van der Waals surface area contributed by atoms with Crippen molar-refractivity contribution >= 4 is 26.0 Å². The summed E-state index contributed by atoms with van der Waals surface area (Å²) in [6.45, 7) is 4.81. The highest BCUT2D eigenvalue weighted by Crippen LogP contribution is 2.29. The molecule has 1 saturated heterocycles. The largest absolute Gasteiger partial charge is 0.375 e. The summed E-state index contributed by atoms with van der Waals surface area (Å²) in [5.41, 5.74) is 6.39. The van der Waals surface area contributed by atoms with Crippen LogP contribution in [0.3, 0.4) is 0 Å². The summed E-state index contributed by atoms with van der Waals surface area (Å²) in [5, 5.41) is 0. The molecule has 7 heteroatoms. The van der Waals surface area contributed by atoms with Gasteiger partial charge in [0, 0.05) is 23.6 Å². The maximum absolute atomic E-state index is 12.8. The summed E-state index contributed by atoms with van der Waals surface area (Å²) >= 11 is 3.32. The maximum atomic E-state index is 12.8. The van der Waals surface area contributed by atoms with Crippen molar-refractivity contribution in [2.24, 2.45) is 5.73 Å². The van der Waals surface area contributed by atoms with E-state index in [9.17, 15) is 8.42 Å². The number of halogens is 1. The second-order valence-electron chi connectivity index (χ2n) is 5.04. The molecule has 0 saturated carbocycles. The molecule has 112 valence electrons. The molecule has 0 amide bonds. The van der Waals surface area contributed by atoms with Crippen molar-refractivity contribution < 1.29 is 13.2 Å². The van der Waals surface area contributed by atoms with E-state index in [4.69, 9.17) is 10.5 Å². The molecule has 2 atom stereocenters. The average Bonchev–Trinajstić information content (AvgIpc) is 2.41. The second-order valence-corrected chi connectivity index (χ2v) is 7.75. The van der Waals surface area contributed by atoms with E-state index >= 15 is 0 Å². The van der Waals surface area contributed by atoms with Crippen LogP contribution in [0.5, 0.6) is 0 Å². The van der Waals surface area contributed by atoms with Crippen LogP contribution >= 0.6 is 15.9 Å². The Morgan fingerprint density at radius 1 is 1.45 bits per heavy atom. The Balaban J connectivity index is 2.43. The number of nitrogens with two attached hydrogens (primary N) is 1. The molecule has 1 aromatic rings. The summed E-state index contributed by atoms with van der Waals surface area (Å²) in [5.74, 6) is 0. The lowest BCUT2D eigenvalue weighted by Gasteiger charge is -2.35. The van der Waals surface area contributed by atoms with Crippen LogP contribution in [0.4, 0.5) is 0 Å². The molecule has 0 aromatic heterocycles. The zero-order valence-electron chi connectivity index (χ0n) is 11.5. The smallest absolute Gasteiger partial charge is 0.244 e. The summed E-state index contributed by atoms with van der Waals surface area (Å²) in [6, 6.07) is 4.99. The summed E-state index contributed by atoms with van der Waals surface area (Å²) in [6.07, 6.45) is -0.0996. The fourth-order valence-corrected chi connectivity index (χ4v) is 4.88. The van der Waals surface area contributed by atoms with Gasteiger partial charge < -0.3 is 10.5 Å². The minimum atomic E-state index is -3.56. The number of hydrogen-bond donors (Lipinski definition) is 1. The molecule has 0 aliphatic carbocycles. The topological polar surface area (TPSA) is 72.6 Å². The van der Waals surface area contributed by atoms with Gasteiger partial charge in [-0.15, -0.1) is 0 Å². The highest BCUT2D eigenvalue weighted by molar-refractivity contribution is 9.10. The van der Waals surface area contributed by atoms with Gasteiger partial charge in [0.2, 0.25) is 10.0 Å². The monoisotopic (exact) mass is 362 g/mol. The van der Waals surface area contributed by atoms with Crippen molar-refractivity contribution in [1.29, 1.82) is 0 Å². The van der Waals surface area contributed by atoms with Gasteiger partial charge in [-0.3, -0.25) is 0 Å². The molecular formula is C13H19BrN2O3S. The van der Waals surface area contributed by atoms with E-state index in [-0.39, 0.29) is 17.0 Å². The van der Waals surface area contributed by atoms with E-state index in [1.165, 1.54) is 4.31 Å². The van der Waals surface area contributed by atoms with Gasteiger partial charge in [0.1, 0.15) is 0 Å². The molecule has 1 aromatic carbocycles. The van der Waals surface area contributed by atoms with Crippen LogP contribution < -0.4 is 5.73 Å². The van der Waals surface area contributed by atoms with E-state index in [2.05, 4.69) is 15.9 Å². The summed E-state index contributed by atoms with van der Waals surface area (Å²) in [7, 11) is -3.56. The third kappa shape index (κ3) is 3.07. The van der Waals surface area contributed by atoms with Crippen molar-refractivity contribution in [3.05, 3.63) is 28.2 Å². The van der Waals surface area contributed by atoms with Gasteiger partial charge in [-0.05, 0) is 47.5 Å². The van der Waals surface area contributed by atoms with Gasteiger partial charge in [-0.25, -0.2) is 8.42 Å². The number of morpholine rings is 1. The minimum absolute atomic E-state index is 0.0996. The van der Waals surface area contributed by atoms with Crippen molar-refractivity contribution in [2.45, 2.75) is 37.4 Å². The van der Waals surface area contributed by atoms with Gasteiger partial charge in [0.25, 0.3) is 0 Å². The van der Waals surface area contributed by atoms with Crippen molar-refractivity contribution in [3.8, 4) is 0 Å². The second kappa shape index (κ2) is 6.11. The predicted molar refractivity (Wildman–Crippen MR) is 80.8 cm³/mol. The van der Waals surface area contributed by atoms with Gasteiger partial charge in [0.15, 0.2) is 0 Å². The standard InChI is InChI=1S/C13H19BrN2O3S/c1-9-8-19-10(2)7-16(9)20(17,18)13-5-11(6-15)3-4-12(13)14/h3-5,9-10H,6-8,15H2,1-2H3. The van der Waals surface area contributed by atoms with Crippen molar-refractivity contribution in [2.75, 3.05) is 13.2 Å². The van der Waals surface area contributed by atoms with Crippen LogP contribution in [-0.4, -0.2) is 38.0 Å². The Hall–Kier alpha value is -0.470. The third-order valence-corrected chi connectivity index (χ3v) is 6.34. The highest BCUT2D eigenvalue weighted by Gasteiger charge is 2.35. The van der Waals surface area contributed by atoms with Crippen LogP contribution in [0.1, 0.15) is 19.4 Å². The van der Waals surface area contributed by atoms with E-state index < -0.39 is 10.0 Å². The first-order chi connectivity index (χ1) is 9.36. The fourth-order valence-electron chi connectivity index (χ4n) is 2.21. The number of sulfonamides is 1. The Morgan fingerprint density at radius 2 is 2.15 bits per heavy atom. The Kier molecular flexibility index (Phi) is 4.86. The van der Waals surface area contributed by atoms with Crippen molar-refractivity contribution in [3.63, 3.8) is 0 Å². The molecule has 2 unspecified atom stereocenters. The Morgan fingerprint density at radius 3 is 2.80 bits per heavy atom. The number of rotatable bonds is 3. The van der Waals surface area contributed by atoms with Crippen LogP contribution in [0.25, 0.3) is 0 Å². The van der Waals surface area contributed by atoms with E-state index in [0.717, 1.165) is 5.56 Å². The number of ether oxygens (including phenoxy) is 1. The first kappa shape index (κ1) is 15.9. The van der Waals surface area contributed by atoms with E-state index in [0.29, 0.717) is 24.2 Å². The van der Waals surface area contributed by atoms with E-state index in [1.54, 1.807) is 12.1 Å². The Bertz CT molecular complexity index is 591. The maximum Gasteiger partial charge on any atom is 0.244 e. The fraction of sp³-hybridized carbons (Fsp3) is 0.538. The molecule has 1 heterocycles. The average molecular weight is 363 g/mol. The van der Waals surface area contributed by atoms with Crippen LogP contribution in [0.2, 0.25) is 0 Å². The number of hydrogen-bond acceptors (Lipinski definition) is 4. The molecule has 20 heavy (non-hydrogen) atoms. The van der Waals surface area contributed by atoms with Crippen LogP contribution in [0.15, 0.2) is 27.6 Å². The number of benzene rings is 1. The molecule has 1 aliphatic heterocycles. The quantitative estimate of drug-likeness (QED) is 0.887. The zero-order valence-corrected chi connectivity index (χ0v) is 13.9. The lowest BCUT2D eigenvalue weighted by atomic mass is 10.2. The third-order valence-electron chi connectivity index (χ3n) is 3.37. The van der Waals surface area contributed by atoms with Gasteiger partial charge >= 0.3 is 0 Å². The lowest BCUT2D eigenvalue weighted by molar-refractivity contribution is -0.0170. The molecule has 1 aliphatic rings. The number of nitrogens with zero attached hydrogens (tertiary/aromatic N) is 1. The van der Waals surface area contributed by atoms with Gasteiger partial charge in [0.05, 0.1) is 17.6 Å². The summed E-state index contributed by atoms with van der Waals surface area (Å²) < 4.78 is 33.2. The molecule has 2 N–H and O–H groups in total. The molecule has 0 spiro atoms. The molecule has 2 rings (SSSR count). The van der Waals surface area contributed by atoms with Gasteiger partial charge in [-0.1, -0.05) is 6.07 Å². The normalized spacial score (nSPS) is 24.8. The highest BCUT2D eigenvalue weighted by atomic mass is 79.9. The molecule has 0 bridgehead atoms. The molecule has 1 fully saturated rings.